The molecule has 3 aromatic rings. The molecule has 0 aliphatic rings. The van der Waals surface area contributed by atoms with Crippen molar-refractivity contribution in [3.8, 4) is 0 Å². The molecule has 0 fully saturated rings. The Morgan fingerprint density at radius 1 is 0.947 bits per heavy atom. The summed E-state index contributed by atoms with van der Waals surface area (Å²) < 4.78 is 28.7. The number of nitrogens with zero attached hydrogens (tertiary/aromatic N) is 2. The Bertz CT molecular complexity index is 1380. The van der Waals surface area contributed by atoms with Crippen LogP contribution in [0.25, 0.3) is 0 Å². The standard InChI is InChI=1S/C28H31Cl2N3O4S/c1-4-15-31-28(35)21(3)32(18-22-9-8-10-23(29)16-22)27(34)19-33(26-17-24(30)14-13-20(26)2)38(36,37)25-11-6-5-7-12-25/h5-14,16-17,21H,4,15,18-19H2,1-3H3,(H,31,35). The predicted molar refractivity (Wildman–Crippen MR) is 152 cm³/mol. The highest BCUT2D eigenvalue weighted by molar-refractivity contribution is 7.92. The van der Waals surface area contributed by atoms with Crippen molar-refractivity contribution in [2.45, 2.75) is 44.7 Å². The summed E-state index contributed by atoms with van der Waals surface area (Å²) in [6.45, 7) is 5.28. The molecule has 0 heterocycles. The smallest absolute Gasteiger partial charge is 0.264 e. The van der Waals surface area contributed by atoms with E-state index in [4.69, 9.17) is 23.2 Å². The highest BCUT2D eigenvalue weighted by Gasteiger charge is 2.33. The van der Waals surface area contributed by atoms with Gasteiger partial charge < -0.3 is 10.2 Å². The number of nitrogens with one attached hydrogen (secondary N) is 1. The lowest BCUT2D eigenvalue weighted by molar-refractivity contribution is -0.139. The Balaban J connectivity index is 2.05. The van der Waals surface area contributed by atoms with Crippen molar-refractivity contribution in [1.29, 1.82) is 0 Å². The largest absolute Gasteiger partial charge is 0.354 e. The average Bonchev–Trinajstić information content (AvgIpc) is 2.90. The molecule has 3 rings (SSSR count). The van der Waals surface area contributed by atoms with Crippen LogP contribution in [0.3, 0.4) is 0 Å². The molecule has 3 aromatic carbocycles. The zero-order valence-corrected chi connectivity index (χ0v) is 23.9. The average molecular weight is 577 g/mol. The maximum Gasteiger partial charge on any atom is 0.264 e. The molecular weight excluding hydrogens is 545 g/mol. The maximum atomic E-state index is 13.9. The minimum atomic E-state index is -4.16. The number of hydrogen-bond acceptors (Lipinski definition) is 4. The molecule has 38 heavy (non-hydrogen) atoms. The SMILES string of the molecule is CCCNC(=O)C(C)N(Cc1cccc(Cl)c1)C(=O)CN(c1cc(Cl)ccc1C)S(=O)(=O)c1ccccc1. The third-order valence-electron chi connectivity index (χ3n) is 6.01. The molecule has 0 aliphatic carbocycles. The van der Waals surface area contributed by atoms with Crippen LogP contribution in [0.5, 0.6) is 0 Å². The fourth-order valence-electron chi connectivity index (χ4n) is 3.89. The summed E-state index contributed by atoms with van der Waals surface area (Å²) >= 11 is 12.4. The monoisotopic (exact) mass is 575 g/mol. The van der Waals surface area contributed by atoms with E-state index >= 15 is 0 Å². The number of halogens is 2. The van der Waals surface area contributed by atoms with E-state index in [-0.39, 0.29) is 23.0 Å². The van der Waals surface area contributed by atoms with Crippen molar-refractivity contribution in [1.82, 2.24) is 10.2 Å². The summed E-state index contributed by atoms with van der Waals surface area (Å²) in [5.74, 6) is -0.887. The van der Waals surface area contributed by atoms with Crippen LogP contribution in [-0.2, 0) is 26.2 Å². The van der Waals surface area contributed by atoms with E-state index in [0.29, 0.717) is 27.7 Å². The van der Waals surface area contributed by atoms with E-state index in [0.717, 1.165) is 10.7 Å². The molecular formula is C28H31Cl2N3O4S. The summed E-state index contributed by atoms with van der Waals surface area (Å²) in [7, 11) is -4.16. The van der Waals surface area contributed by atoms with Crippen LogP contribution in [0.2, 0.25) is 10.0 Å². The fourth-order valence-corrected chi connectivity index (χ4v) is 5.77. The van der Waals surface area contributed by atoms with Crippen LogP contribution in [0.4, 0.5) is 5.69 Å². The number of amides is 2. The number of benzene rings is 3. The Hall–Kier alpha value is -3.07. The van der Waals surface area contributed by atoms with Crippen molar-refractivity contribution in [3.05, 3.63) is 94.0 Å². The second-order valence-corrected chi connectivity index (χ2v) is 11.6. The molecule has 7 nitrogen and oxygen atoms in total. The second kappa shape index (κ2) is 13.1. The van der Waals surface area contributed by atoms with E-state index in [9.17, 15) is 18.0 Å². The molecule has 0 saturated heterocycles. The summed E-state index contributed by atoms with van der Waals surface area (Å²) in [4.78, 5) is 28.2. The van der Waals surface area contributed by atoms with Gasteiger partial charge in [-0.1, -0.05) is 66.5 Å². The van der Waals surface area contributed by atoms with Gasteiger partial charge in [0.2, 0.25) is 11.8 Å². The quantitative estimate of drug-likeness (QED) is 0.330. The molecule has 0 radical (unpaired) electrons. The Kier molecular flexibility index (Phi) is 10.2. The maximum absolute atomic E-state index is 13.9. The summed E-state index contributed by atoms with van der Waals surface area (Å²) in [5, 5.41) is 3.63. The van der Waals surface area contributed by atoms with E-state index in [2.05, 4.69) is 5.32 Å². The second-order valence-electron chi connectivity index (χ2n) is 8.87. The van der Waals surface area contributed by atoms with Crippen LogP contribution in [0.15, 0.2) is 77.7 Å². The number of carbonyl (C=O) groups is 2. The van der Waals surface area contributed by atoms with Gasteiger partial charge in [0, 0.05) is 23.1 Å². The molecule has 0 spiro atoms. The molecule has 0 bridgehead atoms. The molecule has 10 heteroatoms. The lowest BCUT2D eigenvalue weighted by atomic mass is 10.1. The van der Waals surface area contributed by atoms with Crippen LogP contribution >= 0.6 is 23.2 Å². The van der Waals surface area contributed by atoms with Gasteiger partial charge in [0.25, 0.3) is 10.0 Å². The minimum Gasteiger partial charge on any atom is -0.354 e. The van der Waals surface area contributed by atoms with Crippen molar-refractivity contribution in [3.63, 3.8) is 0 Å². The summed E-state index contributed by atoms with van der Waals surface area (Å²) in [6, 6.07) is 18.8. The third-order valence-corrected chi connectivity index (χ3v) is 8.25. The first-order valence-corrected chi connectivity index (χ1v) is 14.4. The first kappa shape index (κ1) is 29.5. The Labute approximate surface area is 234 Å². The van der Waals surface area contributed by atoms with E-state index in [1.165, 1.54) is 23.1 Å². The van der Waals surface area contributed by atoms with E-state index in [1.54, 1.807) is 68.4 Å². The molecule has 0 aromatic heterocycles. The van der Waals surface area contributed by atoms with Gasteiger partial charge in [-0.2, -0.15) is 0 Å². The first-order valence-electron chi connectivity index (χ1n) is 12.2. The van der Waals surface area contributed by atoms with Crippen molar-refractivity contribution in [2.75, 3.05) is 17.4 Å². The van der Waals surface area contributed by atoms with Crippen LogP contribution < -0.4 is 9.62 Å². The van der Waals surface area contributed by atoms with E-state index < -0.39 is 28.5 Å². The van der Waals surface area contributed by atoms with Gasteiger partial charge in [-0.05, 0) is 67.8 Å². The Morgan fingerprint density at radius 3 is 2.29 bits per heavy atom. The van der Waals surface area contributed by atoms with Gasteiger partial charge in [-0.3, -0.25) is 13.9 Å². The zero-order chi connectivity index (χ0) is 27.9. The van der Waals surface area contributed by atoms with Crippen molar-refractivity contribution < 1.29 is 18.0 Å². The lowest BCUT2D eigenvalue weighted by Gasteiger charge is -2.32. The van der Waals surface area contributed by atoms with Gasteiger partial charge in [0.1, 0.15) is 12.6 Å². The van der Waals surface area contributed by atoms with Gasteiger partial charge in [0.15, 0.2) is 0 Å². The Morgan fingerprint density at radius 2 is 1.63 bits per heavy atom. The van der Waals surface area contributed by atoms with Gasteiger partial charge in [-0.15, -0.1) is 0 Å². The molecule has 0 saturated carbocycles. The molecule has 1 atom stereocenters. The van der Waals surface area contributed by atoms with Gasteiger partial charge >= 0.3 is 0 Å². The molecule has 2 amide bonds. The van der Waals surface area contributed by atoms with E-state index in [1.807, 2.05) is 6.92 Å². The number of hydrogen-bond donors (Lipinski definition) is 1. The van der Waals surface area contributed by atoms with Gasteiger partial charge in [0.05, 0.1) is 10.6 Å². The lowest BCUT2D eigenvalue weighted by Crippen LogP contribution is -2.51. The minimum absolute atomic E-state index is 0.0299. The third kappa shape index (κ3) is 7.28. The zero-order valence-electron chi connectivity index (χ0n) is 21.5. The molecule has 0 aliphatic heterocycles. The number of carbonyl (C=O) groups excluding carboxylic acids is 2. The number of aryl methyl sites for hydroxylation is 1. The topological polar surface area (TPSA) is 86.8 Å². The van der Waals surface area contributed by atoms with Crippen molar-refractivity contribution >= 4 is 50.7 Å². The summed E-state index contributed by atoms with van der Waals surface area (Å²) in [5.41, 5.74) is 1.61. The van der Waals surface area contributed by atoms with Gasteiger partial charge in [-0.25, -0.2) is 8.42 Å². The number of rotatable bonds is 11. The number of sulfonamides is 1. The molecule has 1 unspecified atom stereocenters. The molecule has 1 N–H and O–H groups in total. The fraction of sp³-hybridized carbons (Fsp3) is 0.286. The predicted octanol–water partition coefficient (Wildman–Crippen LogP) is 5.44. The first-order chi connectivity index (χ1) is 18.0. The highest BCUT2D eigenvalue weighted by Crippen LogP contribution is 2.30. The normalized spacial score (nSPS) is 12.0. The van der Waals surface area contributed by atoms with Crippen molar-refractivity contribution in [2.24, 2.45) is 0 Å². The summed E-state index contributed by atoms with van der Waals surface area (Å²) in [6.07, 6.45) is 0.734. The van der Waals surface area contributed by atoms with Crippen LogP contribution in [0, 0.1) is 6.92 Å². The van der Waals surface area contributed by atoms with Crippen LogP contribution in [0.1, 0.15) is 31.4 Å². The number of anilines is 1. The molecule has 202 valence electrons. The highest BCUT2D eigenvalue weighted by atomic mass is 35.5. The van der Waals surface area contributed by atoms with Crippen LogP contribution in [-0.4, -0.2) is 44.3 Å².